The van der Waals surface area contributed by atoms with E-state index in [1.807, 2.05) is 37.3 Å². The maximum absolute atomic E-state index is 12.1. The highest BCUT2D eigenvalue weighted by molar-refractivity contribution is 5.85. The van der Waals surface area contributed by atoms with Crippen molar-refractivity contribution in [3.63, 3.8) is 0 Å². The van der Waals surface area contributed by atoms with E-state index in [9.17, 15) is 9.59 Å². The summed E-state index contributed by atoms with van der Waals surface area (Å²) in [5.41, 5.74) is 3.39. The van der Waals surface area contributed by atoms with Crippen molar-refractivity contribution in [2.75, 3.05) is 6.61 Å². The highest BCUT2D eigenvalue weighted by Gasteiger charge is 2.15. The molecule has 3 rings (SSSR count). The van der Waals surface area contributed by atoms with E-state index >= 15 is 0 Å². The fourth-order valence-electron chi connectivity index (χ4n) is 3.18. The minimum absolute atomic E-state index is 0.0445. The third kappa shape index (κ3) is 5.67. The molecule has 1 aromatic heterocycles. The van der Waals surface area contributed by atoms with Crippen molar-refractivity contribution in [3.8, 4) is 0 Å². The molecule has 0 radical (unpaired) electrons. The summed E-state index contributed by atoms with van der Waals surface area (Å²) in [4.78, 5) is 24.2. The van der Waals surface area contributed by atoms with E-state index in [0.717, 1.165) is 17.4 Å². The van der Waals surface area contributed by atoms with Crippen LogP contribution in [0, 0.1) is 5.92 Å². The van der Waals surface area contributed by atoms with E-state index in [1.54, 1.807) is 6.07 Å². The Labute approximate surface area is 170 Å². The Hall–Kier alpha value is -3.15. The lowest BCUT2D eigenvalue weighted by molar-refractivity contribution is -0.148. The number of carbonyl (C=O) groups excluding carboxylic acids is 2. The summed E-state index contributed by atoms with van der Waals surface area (Å²) in [6.45, 7) is 5.94. The summed E-state index contributed by atoms with van der Waals surface area (Å²) < 4.78 is 10.3. The topological polar surface area (TPSA) is 81.4 Å². The van der Waals surface area contributed by atoms with Gasteiger partial charge in [0.2, 0.25) is 0 Å². The van der Waals surface area contributed by atoms with Gasteiger partial charge in [0.25, 0.3) is 5.91 Å². The van der Waals surface area contributed by atoms with Gasteiger partial charge in [-0.3, -0.25) is 9.59 Å². The first-order chi connectivity index (χ1) is 13.9. The zero-order valence-electron chi connectivity index (χ0n) is 17.0. The second kappa shape index (κ2) is 9.37. The number of para-hydroxylation sites is 1. The molecule has 3 aromatic rings. The fraction of sp³-hybridized carbons (Fsp3) is 0.348. The number of esters is 1. The highest BCUT2D eigenvalue weighted by Crippen LogP contribution is 2.18. The summed E-state index contributed by atoms with van der Waals surface area (Å²) in [7, 11) is 0. The van der Waals surface area contributed by atoms with Crippen LogP contribution < -0.4 is 5.32 Å². The number of benzene rings is 2. The number of ether oxygens (including phenoxy) is 1. The van der Waals surface area contributed by atoms with Crippen molar-refractivity contribution in [2.24, 2.45) is 5.92 Å². The molecule has 6 heteroatoms. The zero-order valence-corrected chi connectivity index (χ0v) is 17.0. The second-order valence-corrected chi connectivity index (χ2v) is 7.59. The molecule has 29 heavy (non-hydrogen) atoms. The molecular weight excluding hydrogens is 368 g/mol. The molecule has 0 bridgehead atoms. The number of amides is 1. The number of nitrogens with one attached hydrogen (secondary N) is 1. The van der Waals surface area contributed by atoms with Crippen molar-refractivity contribution in [1.29, 1.82) is 0 Å². The quantitative estimate of drug-likeness (QED) is 0.584. The number of aromatic nitrogens is 1. The smallest absolute Gasteiger partial charge is 0.312 e. The minimum Gasteiger partial charge on any atom is -0.455 e. The molecule has 0 unspecified atom stereocenters. The minimum atomic E-state index is -0.523. The fourth-order valence-corrected chi connectivity index (χ4v) is 3.18. The van der Waals surface area contributed by atoms with E-state index in [4.69, 9.17) is 9.26 Å². The molecule has 0 fully saturated rings. The lowest BCUT2D eigenvalue weighted by Crippen LogP contribution is -2.31. The van der Waals surface area contributed by atoms with E-state index < -0.39 is 5.97 Å². The number of hydrogen-bond acceptors (Lipinski definition) is 5. The molecule has 0 spiro atoms. The summed E-state index contributed by atoms with van der Waals surface area (Å²) >= 11 is 0. The average Bonchev–Trinajstić information content (AvgIpc) is 3.09. The first-order valence-corrected chi connectivity index (χ1v) is 9.79. The van der Waals surface area contributed by atoms with Crippen LogP contribution in [0.1, 0.15) is 43.6 Å². The Balaban J connectivity index is 1.47. The highest BCUT2D eigenvalue weighted by atomic mass is 16.5. The van der Waals surface area contributed by atoms with E-state index in [1.165, 1.54) is 5.56 Å². The second-order valence-electron chi connectivity index (χ2n) is 7.59. The first-order valence-electron chi connectivity index (χ1n) is 9.79. The summed E-state index contributed by atoms with van der Waals surface area (Å²) in [6.07, 6.45) is 0.981. The Kier molecular flexibility index (Phi) is 6.65. The van der Waals surface area contributed by atoms with Crippen LogP contribution in [0.2, 0.25) is 0 Å². The normalized spacial score (nSPS) is 12.1. The number of nitrogens with zero attached hydrogens (tertiary/aromatic N) is 1. The SMILES string of the molecule is CC(C)Cc1ccc([C@@H](C)NC(=O)COC(=O)Cc2noc3ccccc23)cc1. The standard InChI is InChI=1S/C23H26N2O4/c1-15(2)12-17-8-10-18(11-9-17)16(3)24-22(26)14-28-23(27)13-20-19-6-4-5-7-21(19)29-25-20/h4-11,15-16H,12-14H2,1-3H3,(H,24,26)/t16-/m1/s1. The van der Waals surface area contributed by atoms with Crippen LogP contribution in [0.15, 0.2) is 53.1 Å². The Bertz CT molecular complexity index is 976. The Morgan fingerprint density at radius 3 is 2.52 bits per heavy atom. The molecule has 0 aliphatic rings. The largest absolute Gasteiger partial charge is 0.455 e. The molecule has 0 aliphatic heterocycles. The molecule has 0 aliphatic carbocycles. The number of rotatable bonds is 8. The summed E-state index contributed by atoms with van der Waals surface area (Å²) in [5.74, 6) is -0.269. The van der Waals surface area contributed by atoms with Crippen LogP contribution in [0.5, 0.6) is 0 Å². The molecule has 1 heterocycles. The van der Waals surface area contributed by atoms with Crippen molar-refractivity contribution in [3.05, 3.63) is 65.4 Å². The lowest BCUT2D eigenvalue weighted by Gasteiger charge is -2.15. The van der Waals surface area contributed by atoms with Crippen molar-refractivity contribution >= 4 is 22.8 Å². The van der Waals surface area contributed by atoms with Gasteiger partial charge in [-0.25, -0.2) is 0 Å². The number of fused-ring (bicyclic) bond motifs is 1. The van der Waals surface area contributed by atoms with Crippen LogP contribution in [0.25, 0.3) is 11.0 Å². The molecule has 2 aromatic carbocycles. The van der Waals surface area contributed by atoms with Gasteiger partial charge >= 0.3 is 5.97 Å². The van der Waals surface area contributed by atoms with Crippen molar-refractivity contribution in [2.45, 2.75) is 39.7 Å². The van der Waals surface area contributed by atoms with Gasteiger partial charge in [-0.05, 0) is 42.5 Å². The molecule has 1 N–H and O–H groups in total. The molecular formula is C23H26N2O4. The van der Waals surface area contributed by atoms with Crippen LogP contribution in [0.4, 0.5) is 0 Å². The molecule has 1 amide bonds. The van der Waals surface area contributed by atoms with Gasteiger partial charge in [0.15, 0.2) is 12.2 Å². The van der Waals surface area contributed by atoms with Crippen molar-refractivity contribution < 1.29 is 18.8 Å². The van der Waals surface area contributed by atoms with Gasteiger partial charge in [-0.15, -0.1) is 0 Å². The summed E-state index contributed by atoms with van der Waals surface area (Å²) in [6, 6.07) is 15.3. The molecule has 6 nitrogen and oxygen atoms in total. The third-order valence-corrected chi connectivity index (χ3v) is 4.63. The third-order valence-electron chi connectivity index (χ3n) is 4.63. The number of carbonyl (C=O) groups is 2. The van der Waals surface area contributed by atoms with Crippen LogP contribution in [0.3, 0.4) is 0 Å². The summed E-state index contributed by atoms with van der Waals surface area (Å²) in [5, 5.41) is 7.52. The van der Waals surface area contributed by atoms with Gasteiger partial charge in [-0.1, -0.05) is 55.4 Å². The van der Waals surface area contributed by atoms with Gasteiger partial charge in [0, 0.05) is 5.39 Å². The Morgan fingerprint density at radius 1 is 1.07 bits per heavy atom. The average molecular weight is 394 g/mol. The van der Waals surface area contributed by atoms with Crippen LogP contribution in [-0.4, -0.2) is 23.6 Å². The van der Waals surface area contributed by atoms with Gasteiger partial charge in [0.05, 0.1) is 12.5 Å². The van der Waals surface area contributed by atoms with Gasteiger partial charge < -0.3 is 14.6 Å². The van der Waals surface area contributed by atoms with E-state index in [-0.39, 0.29) is 25.0 Å². The monoisotopic (exact) mass is 394 g/mol. The van der Waals surface area contributed by atoms with Crippen molar-refractivity contribution in [1.82, 2.24) is 10.5 Å². The Morgan fingerprint density at radius 2 is 1.79 bits per heavy atom. The van der Waals surface area contributed by atoms with Gasteiger partial charge in [0.1, 0.15) is 5.69 Å². The van der Waals surface area contributed by atoms with E-state index in [0.29, 0.717) is 17.2 Å². The predicted molar refractivity (Wildman–Crippen MR) is 110 cm³/mol. The maximum atomic E-state index is 12.1. The van der Waals surface area contributed by atoms with Crippen LogP contribution in [-0.2, 0) is 27.2 Å². The lowest BCUT2D eigenvalue weighted by atomic mass is 10.00. The zero-order chi connectivity index (χ0) is 20.8. The molecule has 0 saturated carbocycles. The molecule has 152 valence electrons. The first kappa shape index (κ1) is 20.6. The van der Waals surface area contributed by atoms with E-state index in [2.05, 4.69) is 36.5 Å². The predicted octanol–water partition coefficient (Wildman–Crippen LogP) is 3.99. The maximum Gasteiger partial charge on any atom is 0.312 e. The molecule has 1 atom stereocenters. The van der Waals surface area contributed by atoms with Crippen LogP contribution >= 0.6 is 0 Å². The molecule has 0 saturated heterocycles. The van der Waals surface area contributed by atoms with Gasteiger partial charge in [-0.2, -0.15) is 0 Å². The number of hydrogen-bond donors (Lipinski definition) is 1.